The van der Waals surface area contributed by atoms with E-state index in [1.54, 1.807) is 6.34 Å². The molecule has 0 aromatic rings. The van der Waals surface area contributed by atoms with Crippen LogP contribution in [0.15, 0.2) is 10.2 Å². The molecule has 0 saturated carbocycles. The van der Waals surface area contributed by atoms with Gasteiger partial charge >= 0.3 is 0 Å². The molecular formula is C6H13N3. The van der Waals surface area contributed by atoms with Gasteiger partial charge in [0.05, 0.1) is 0 Å². The molecule has 0 unspecified atom stereocenters. The molecule has 9 heavy (non-hydrogen) atoms. The molecule has 3 heteroatoms. The van der Waals surface area contributed by atoms with Gasteiger partial charge in [-0.2, -0.15) is 5.10 Å². The van der Waals surface area contributed by atoms with Crippen LogP contribution in [0.5, 0.6) is 0 Å². The summed E-state index contributed by atoms with van der Waals surface area (Å²) in [5.41, 5.74) is 0. The van der Waals surface area contributed by atoms with Crippen LogP contribution in [0.2, 0.25) is 0 Å². The highest BCUT2D eigenvalue weighted by Crippen LogP contribution is 1.87. The number of rotatable bonds is 3. The first-order chi connectivity index (χ1) is 4.18. The second-order valence-corrected chi connectivity index (χ2v) is 2.13. The van der Waals surface area contributed by atoms with Crippen molar-refractivity contribution in [2.75, 3.05) is 7.05 Å². The Hall–Kier alpha value is -0.860. The van der Waals surface area contributed by atoms with Gasteiger partial charge in [-0.25, -0.2) is 0 Å². The molecule has 0 saturated heterocycles. The topological polar surface area (TPSA) is 28.0 Å². The maximum absolute atomic E-state index is 3.61. The van der Waals surface area contributed by atoms with Gasteiger partial charge in [-0.1, -0.05) is 0 Å². The smallest absolute Gasteiger partial charge is 0.113 e. The summed E-state index contributed by atoms with van der Waals surface area (Å²) in [6, 6.07) is 0.468. The monoisotopic (exact) mass is 127 g/mol. The summed E-state index contributed by atoms with van der Waals surface area (Å²) in [6.45, 7) is 7.37. The minimum atomic E-state index is 0.468. The molecule has 52 valence electrons. The van der Waals surface area contributed by atoms with Gasteiger partial charge in [0.1, 0.15) is 6.34 Å². The predicted molar refractivity (Wildman–Crippen MR) is 40.9 cm³/mol. The lowest BCUT2D eigenvalue weighted by molar-refractivity contribution is 0.428. The van der Waals surface area contributed by atoms with E-state index in [4.69, 9.17) is 0 Å². The number of hydrogen-bond donors (Lipinski definition) is 0. The van der Waals surface area contributed by atoms with Gasteiger partial charge in [-0.3, -0.25) is 0 Å². The third-order valence-electron chi connectivity index (χ3n) is 1.13. The highest BCUT2D eigenvalue weighted by Gasteiger charge is 1.94. The number of nitrogens with zero attached hydrogens (tertiary/aromatic N) is 3. The Balaban J connectivity index is 3.61. The Kier molecular flexibility index (Phi) is 3.67. The Bertz CT molecular complexity index is 107. The van der Waals surface area contributed by atoms with Crippen molar-refractivity contribution in [2.24, 2.45) is 10.2 Å². The van der Waals surface area contributed by atoms with Crippen LogP contribution in [0.25, 0.3) is 0 Å². The molecule has 0 heterocycles. The van der Waals surface area contributed by atoms with Crippen LogP contribution in [-0.2, 0) is 0 Å². The fraction of sp³-hybridized carbons (Fsp3) is 0.667. The summed E-state index contributed by atoms with van der Waals surface area (Å²) in [5, 5.41) is 6.94. The third kappa shape index (κ3) is 3.70. The van der Waals surface area contributed by atoms with E-state index < -0.39 is 0 Å². The zero-order chi connectivity index (χ0) is 7.28. The van der Waals surface area contributed by atoms with E-state index in [1.165, 1.54) is 0 Å². The fourth-order valence-corrected chi connectivity index (χ4v) is 0.251. The van der Waals surface area contributed by atoms with Crippen LogP contribution in [0.4, 0.5) is 0 Å². The van der Waals surface area contributed by atoms with Crippen LogP contribution in [-0.4, -0.2) is 31.0 Å². The number of hydrogen-bond acceptors (Lipinski definition) is 2. The molecule has 0 aromatic heterocycles. The molecule has 0 aliphatic heterocycles. The van der Waals surface area contributed by atoms with Crippen LogP contribution in [0.3, 0.4) is 0 Å². The van der Waals surface area contributed by atoms with Crippen molar-refractivity contribution < 1.29 is 0 Å². The van der Waals surface area contributed by atoms with E-state index in [1.807, 2.05) is 11.9 Å². The Labute approximate surface area is 56.1 Å². The van der Waals surface area contributed by atoms with Gasteiger partial charge in [-0.05, 0) is 13.8 Å². The van der Waals surface area contributed by atoms with Gasteiger partial charge in [0.2, 0.25) is 0 Å². The van der Waals surface area contributed by atoms with Crippen LogP contribution < -0.4 is 0 Å². The van der Waals surface area contributed by atoms with E-state index in [-0.39, 0.29) is 0 Å². The Morgan fingerprint density at radius 2 is 2.11 bits per heavy atom. The third-order valence-corrected chi connectivity index (χ3v) is 1.13. The minimum Gasteiger partial charge on any atom is -0.362 e. The maximum atomic E-state index is 3.61. The summed E-state index contributed by atoms with van der Waals surface area (Å²) >= 11 is 0. The lowest BCUT2D eigenvalue weighted by Gasteiger charge is -2.15. The standard InChI is InChI=1S/C6H13N3/c1-6(2)9(4)5-8-7-3/h5-6H,3H2,1-2,4H3. The fourth-order valence-electron chi connectivity index (χ4n) is 0.251. The molecule has 0 amide bonds. The second-order valence-electron chi connectivity index (χ2n) is 2.13. The first-order valence-corrected chi connectivity index (χ1v) is 2.89. The van der Waals surface area contributed by atoms with Crippen molar-refractivity contribution in [1.82, 2.24) is 4.90 Å². The van der Waals surface area contributed by atoms with Crippen LogP contribution in [0.1, 0.15) is 13.8 Å². The molecule has 0 bridgehead atoms. The predicted octanol–water partition coefficient (Wildman–Crippen LogP) is 0.970. The van der Waals surface area contributed by atoms with Gasteiger partial charge in [0, 0.05) is 19.8 Å². The normalized spacial score (nSPS) is 10.7. The summed E-state index contributed by atoms with van der Waals surface area (Å²) in [6.07, 6.45) is 1.65. The highest BCUT2D eigenvalue weighted by molar-refractivity contribution is 5.54. The van der Waals surface area contributed by atoms with Gasteiger partial charge < -0.3 is 4.90 Å². The van der Waals surface area contributed by atoms with E-state index in [2.05, 4.69) is 30.8 Å². The molecule has 0 atom stereocenters. The lowest BCUT2D eigenvalue weighted by Crippen LogP contribution is -2.24. The quantitative estimate of drug-likeness (QED) is 0.315. The second kappa shape index (κ2) is 4.06. The van der Waals surface area contributed by atoms with Crippen molar-refractivity contribution in [3.8, 4) is 0 Å². The van der Waals surface area contributed by atoms with E-state index in [0.717, 1.165) is 0 Å². The van der Waals surface area contributed by atoms with Crippen molar-refractivity contribution in [3.63, 3.8) is 0 Å². The molecule has 3 nitrogen and oxygen atoms in total. The summed E-state index contributed by atoms with van der Waals surface area (Å²) in [5.74, 6) is 0. The molecule has 0 aliphatic rings. The summed E-state index contributed by atoms with van der Waals surface area (Å²) in [7, 11) is 1.94. The van der Waals surface area contributed by atoms with E-state index in [0.29, 0.717) is 6.04 Å². The van der Waals surface area contributed by atoms with Crippen molar-refractivity contribution in [1.29, 1.82) is 0 Å². The molecule has 0 aliphatic carbocycles. The van der Waals surface area contributed by atoms with Gasteiger partial charge in [-0.15, -0.1) is 5.10 Å². The molecule has 0 fully saturated rings. The first-order valence-electron chi connectivity index (χ1n) is 2.89. The molecule has 0 N–H and O–H groups in total. The highest BCUT2D eigenvalue weighted by atomic mass is 15.3. The lowest BCUT2D eigenvalue weighted by atomic mass is 10.4. The van der Waals surface area contributed by atoms with Crippen LogP contribution >= 0.6 is 0 Å². The zero-order valence-electron chi connectivity index (χ0n) is 6.20. The molecule has 0 aromatic carbocycles. The average molecular weight is 127 g/mol. The SMILES string of the molecule is C=NN=CN(C)C(C)C. The average Bonchev–Trinajstić information content (AvgIpc) is 1.82. The van der Waals surface area contributed by atoms with Crippen LogP contribution in [0, 0.1) is 0 Å². The van der Waals surface area contributed by atoms with Crippen molar-refractivity contribution in [3.05, 3.63) is 0 Å². The first kappa shape index (κ1) is 8.14. The molecular weight excluding hydrogens is 114 g/mol. The van der Waals surface area contributed by atoms with Gasteiger partial charge in [0.25, 0.3) is 0 Å². The minimum absolute atomic E-state index is 0.468. The van der Waals surface area contributed by atoms with Crippen molar-refractivity contribution >= 4 is 13.1 Å². The zero-order valence-corrected chi connectivity index (χ0v) is 6.20. The Morgan fingerprint density at radius 3 is 2.44 bits per heavy atom. The molecule has 0 spiro atoms. The molecule has 0 radical (unpaired) electrons. The Morgan fingerprint density at radius 1 is 1.56 bits per heavy atom. The van der Waals surface area contributed by atoms with E-state index in [9.17, 15) is 0 Å². The largest absolute Gasteiger partial charge is 0.362 e. The summed E-state index contributed by atoms with van der Waals surface area (Å²) < 4.78 is 0. The molecule has 0 rings (SSSR count). The van der Waals surface area contributed by atoms with E-state index >= 15 is 0 Å². The van der Waals surface area contributed by atoms with Gasteiger partial charge in [0.15, 0.2) is 0 Å². The van der Waals surface area contributed by atoms with Crippen molar-refractivity contribution in [2.45, 2.75) is 19.9 Å². The summed E-state index contributed by atoms with van der Waals surface area (Å²) in [4.78, 5) is 1.95. The maximum Gasteiger partial charge on any atom is 0.113 e.